The first-order valence-electron chi connectivity index (χ1n) is 10.9. The maximum Gasteiger partial charge on any atom is 0.325 e. The first-order valence-corrected chi connectivity index (χ1v) is 12.4. The molecule has 1 heterocycles. The highest BCUT2D eigenvalue weighted by Crippen LogP contribution is 2.21. The molecule has 1 fully saturated rings. The van der Waals surface area contributed by atoms with Crippen molar-refractivity contribution in [2.75, 3.05) is 13.1 Å². The Labute approximate surface area is 193 Å². The van der Waals surface area contributed by atoms with Gasteiger partial charge in [-0.3, -0.25) is 9.59 Å². The number of rotatable bonds is 7. The van der Waals surface area contributed by atoms with Crippen LogP contribution in [-0.4, -0.2) is 44.3 Å². The average Bonchev–Trinajstić information content (AvgIpc) is 2.99. The summed E-state index contributed by atoms with van der Waals surface area (Å²) in [6.07, 6.45) is 1.74. The SMILES string of the molecule is O=C(CN1CCCC[C@H](NS(=O)(=O)c2ccc3ccccc3c2)C1=O)OCc1ccccc1. The van der Waals surface area contributed by atoms with Crippen molar-refractivity contribution in [3.8, 4) is 0 Å². The van der Waals surface area contributed by atoms with Crippen molar-refractivity contribution in [1.29, 1.82) is 0 Å². The van der Waals surface area contributed by atoms with Gasteiger partial charge in [-0.05, 0) is 47.7 Å². The molecule has 8 heteroatoms. The average molecular weight is 467 g/mol. The lowest BCUT2D eigenvalue weighted by Crippen LogP contribution is -2.48. The van der Waals surface area contributed by atoms with E-state index >= 15 is 0 Å². The monoisotopic (exact) mass is 466 g/mol. The second-order valence-electron chi connectivity index (χ2n) is 8.08. The van der Waals surface area contributed by atoms with Crippen LogP contribution < -0.4 is 4.72 Å². The zero-order valence-electron chi connectivity index (χ0n) is 18.1. The molecule has 4 rings (SSSR count). The van der Waals surface area contributed by atoms with Crippen LogP contribution in [0.3, 0.4) is 0 Å². The molecular weight excluding hydrogens is 440 g/mol. The first-order chi connectivity index (χ1) is 15.9. The van der Waals surface area contributed by atoms with Gasteiger partial charge in [0.25, 0.3) is 0 Å². The number of fused-ring (bicyclic) bond motifs is 1. The molecule has 0 saturated carbocycles. The van der Waals surface area contributed by atoms with E-state index in [9.17, 15) is 18.0 Å². The number of ether oxygens (including phenoxy) is 1. The van der Waals surface area contributed by atoms with E-state index in [-0.39, 0.29) is 18.0 Å². The lowest BCUT2D eigenvalue weighted by Gasteiger charge is -2.24. The Morgan fingerprint density at radius 1 is 0.970 bits per heavy atom. The number of carbonyl (C=O) groups excluding carboxylic acids is 2. The number of esters is 1. The van der Waals surface area contributed by atoms with Crippen molar-refractivity contribution in [3.05, 3.63) is 78.4 Å². The van der Waals surface area contributed by atoms with E-state index < -0.39 is 27.9 Å². The van der Waals surface area contributed by atoms with Gasteiger partial charge in [0.1, 0.15) is 19.2 Å². The van der Waals surface area contributed by atoms with Gasteiger partial charge in [0, 0.05) is 6.54 Å². The second-order valence-corrected chi connectivity index (χ2v) is 9.80. The van der Waals surface area contributed by atoms with Crippen LogP contribution in [-0.2, 0) is 31.0 Å². The Balaban J connectivity index is 1.42. The van der Waals surface area contributed by atoms with Crippen LogP contribution in [0.2, 0.25) is 0 Å². The fourth-order valence-corrected chi connectivity index (χ4v) is 5.16. The van der Waals surface area contributed by atoms with E-state index in [2.05, 4.69) is 4.72 Å². The first kappa shape index (κ1) is 22.9. The highest BCUT2D eigenvalue weighted by atomic mass is 32.2. The summed E-state index contributed by atoms with van der Waals surface area (Å²) in [7, 11) is -3.91. The molecule has 0 bridgehead atoms. The van der Waals surface area contributed by atoms with Gasteiger partial charge in [-0.2, -0.15) is 4.72 Å². The third-order valence-corrected chi connectivity index (χ3v) is 7.14. The Kier molecular flexibility index (Phi) is 7.05. The Morgan fingerprint density at radius 2 is 1.70 bits per heavy atom. The van der Waals surface area contributed by atoms with Crippen molar-refractivity contribution in [2.45, 2.75) is 36.8 Å². The predicted molar refractivity (Wildman–Crippen MR) is 125 cm³/mol. The number of likely N-dealkylation sites (tertiary alicyclic amines) is 1. The van der Waals surface area contributed by atoms with Gasteiger partial charge >= 0.3 is 5.97 Å². The number of carbonyl (C=O) groups is 2. The van der Waals surface area contributed by atoms with Crippen molar-refractivity contribution in [2.24, 2.45) is 0 Å². The highest BCUT2D eigenvalue weighted by molar-refractivity contribution is 7.89. The maximum absolute atomic E-state index is 13.1. The van der Waals surface area contributed by atoms with Crippen LogP contribution >= 0.6 is 0 Å². The third-order valence-electron chi connectivity index (χ3n) is 5.67. The fourth-order valence-electron chi connectivity index (χ4n) is 3.90. The Morgan fingerprint density at radius 3 is 2.48 bits per heavy atom. The van der Waals surface area contributed by atoms with Gasteiger partial charge in [-0.15, -0.1) is 0 Å². The zero-order chi connectivity index (χ0) is 23.3. The lowest BCUT2D eigenvalue weighted by molar-refractivity contribution is -0.150. The van der Waals surface area contributed by atoms with Crippen LogP contribution in [0.15, 0.2) is 77.7 Å². The van der Waals surface area contributed by atoms with Crippen LogP contribution in [0.5, 0.6) is 0 Å². The largest absolute Gasteiger partial charge is 0.459 e. The summed E-state index contributed by atoms with van der Waals surface area (Å²) in [4.78, 5) is 26.9. The molecule has 33 heavy (non-hydrogen) atoms. The Hall–Kier alpha value is -3.23. The number of benzene rings is 3. The standard InChI is InChI=1S/C25H26N2O5S/c28-24(32-18-19-8-2-1-3-9-19)17-27-15-7-6-12-23(25(27)29)26-33(30,31)22-14-13-20-10-4-5-11-21(20)16-22/h1-5,8-11,13-14,16,23,26H,6-7,12,15,17-18H2/t23-/m0/s1. The number of hydrogen-bond acceptors (Lipinski definition) is 5. The second kappa shape index (κ2) is 10.1. The van der Waals surface area contributed by atoms with E-state index in [1.807, 2.05) is 54.6 Å². The smallest absolute Gasteiger partial charge is 0.325 e. The molecule has 0 aliphatic carbocycles. The molecule has 1 aliphatic heterocycles. The van der Waals surface area contributed by atoms with Crippen molar-refractivity contribution < 1.29 is 22.7 Å². The molecule has 3 aromatic carbocycles. The van der Waals surface area contributed by atoms with Crippen LogP contribution in [0.1, 0.15) is 24.8 Å². The molecule has 1 atom stereocenters. The van der Waals surface area contributed by atoms with Crippen molar-refractivity contribution >= 4 is 32.7 Å². The van der Waals surface area contributed by atoms with Gasteiger partial charge in [0.15, 0.2) is 0 Å². The number of nitrogens with zero attached hydrogens (tertiary/aromatic N) is 1. The molecule has 0 unspecified atom stereocenters. The predicted octanol–water partition coefficient (Wildman–Crippen LogP) is 3.24. The van der Waals surface area contributed by atoms with E-state index in [0.29, 0.717) is 25.8 Å². The molecular formula is C25H26N2O5S. The summed E-state index contributed by atoms with van der Waals surface area (Å²) in [5.41, 5.74) is 0.856. The van der Waals surface area contributed by atoms with Gasteiger partial charge in [-0.25, -0.2) is 8.42 Å². The number of nitrogens with one attached hydrogen (secondary N) is 1. The third kappa shape index (κ3) is 5.77. The summed E-state index contributed by atoms with van der Waals surface area (Å²) in [5.74, 6) is -0.932. The lowest BCUT2D eigenvalue weighted by atomic mass is 10.1. The molecule has 1 N–H and O–H groups in total. The van der Waals surface area contributed by atoms with Crippen LogP contribution in [0.25, 0.3) is 10.8 Å². The minimum atomic E-state index is -3.91. The summed E-state index contributed by atoms with van der Waals surface area (Å²) in [5, 5.41) is 1.73. The molecule has 3 aromatic rings. The van der Waals surface area contributed by atoms with Crippen molar-refractivity contribution in [3.63, 3.8) is 0 Å². The number of sulfonamides is 1. The topological polar surface area (TPSA) is 92.8 Å². The Bertz CT molecular complexity index is 1240. The van der Waals surface area contributed by atoms with E-state index in [4.69, 9.17) is 4.74 Å². The molecule has 0 radical (unpaired) electrons. The summed E-state index contributed by atoms with van der Waals surface area (Å²) >= 11 is 0. The van der Waals surface area contributed by atoms with Crippen molar-refractivity contribution in [1.82, 2.24) is 9.62 Å². The molecule has 172 valence electrons. The normalized spacial score (nSPS) is 17.0. The molecule has 1 aliphatic rings. The molecule has 0 aromatic heterocycles. The van der Waals surface area contributed by atoms with Gasteiger partial charge < -0.3 is 9.64 Å². The van der Waals surface area contributed by atoms with E-state index in [1.165, 1.54) is 11.0 Å². The maximum atomic E-state index is 13.1. The summed E-state index contributed by atoms with van der Waals surface area (Å²) in [6, 6.07) is 20.7. The molecule has 7 nitrogen and oxygen atoms in total. The van der Waals surface area contributed by atoms with E-state index in [0.717, 1.165) is 16.3 Å². The molecule has 0 spiro atoms. The zero-order valence-corrected chi connectivity index (χ0v) is 19.0. The quantitative estimate of drug-likeness (QED) is 0.540. The van der Waals surface area contributed by atoms with Gasteiger partial charge in [-0.1, -0.05) is 60.7 Å². The van der Waals surface area contributed by atoms with Gasteiger partial charge in [0.05, 0.1) is 4.90 Å². The molecule has 1 saturated heterocycles. The number of hydrogen-bond donors (Lipinski definition) is 1. The van der Waals surface area contributed by atoms with Crippen LogP contribution in [0, 0.1) is 0 Å². The van der Waals surface area contributed by atoms with Crippen LogP contribution in [0.4, 0.5) is 0 Å². The summed E-state index contributed by atoms with van der Waals surface area (Å²) < 4.78 is 33.9. The molecule has 1 amide bonds. The highest BCUT2D eigenvalue weighted by Gasteiger charge is 2.32. The fraction of sp³-hybridized carbons (Fsp3) is 0.280. The van der Waals surface area contributed by atoms with Gasteiger partial charge in [0.2, 0.25) is 15.9 Å². The minimum Gasteiger partial charge on any atom is -0.459 e. The van der Waals surface area contributed by atoms with E-state index in [1.54, 1.807) is 12.1 Å². The number of amides is 1. The summed E-state index contributed by atoms with van der Waals surface area (Å²) in [6.45, 7) is 0.299. The minimum absolute atomic E-state index is 0.104.